The molecule has 4 aromatic rings. The minimum absolute atomic E-state index is 0.104. The fourth-order valence-electron chi connectivity index (χ4n) is 2.58. The molecule has 0 bridgehead atoms. The molecule has 4 rings (SSSR count). The Morgan fingerprint density at radius 2 is 1.76 bits per heavy atom. The maximum absolute atomic E-state index is 12.3. The van der Waals surface area contributed by atoms with Gasteiger partial charge >= 0.3 is 0 Å². The minimum atomic E-state index is -0.104. The van der Waals surface area contributed by atoms with Crippen molar-refractivity contribution >= 4 is 33.1 Å². The van der Waals surface area contributed by atoms with E-state index in [1.807, 2.05) is 48.5 Å². The predicted octanol–water partition coefficient (Wildman–Crippen LogP) is 3.93. The van der Waals surface area contributed by atoms with E-state index in [1.54, 1.807) is 12.4 Å². The van der Waals surface area contributed by atoms with E-state index >= 15 is 0 Å². The number of carbonyl (C=O) groups excluding carboxylic acids is 1. The van der Waals surface area contributed by atoms with E-state index in [0.29, 0.717) is 11.6 Å². The molecule has 1 N–H and O–H groups in total. The summed E-state index contributed by atoms with van der Waals surface area (Å²) >= 11 is 1.35. The number of benzene rings is 2. The van der Waals surface area contributed by atoms with Crippen molar-refractivity contribution in [2.45, 2.75) is 6.42 Å². The molecule has 2 aromatic carbocycles. The molecule has 0 radical (unpaired) electrons. The topological polar surface area (TPSA) is 67.8 Å². The van der Waals surface area contributed by atoms with Gasteiger partial charge < -0.3 is 5.32 Å². The van der Waals surface area contributed by atoms with Gasteiger partial charge in [0.1, 0.15) is 5.01 Å². The minimum Gasteiger partial charge on any atom is -0.300 e. The second-order valence-electron chi connectivity index (χ2n) is 5.55. The van der Waals surface area contributed by atoms with E-state index in [2.05, 4.69) is 26.6 Å². The van der Waals surface area contributed by atoms with Crippen LogP contribution in [0.2, 0.25) is 0 Å². The number of anilines is 1. The number of fused-ring (bicyclic) bond motifs is 1. The molecule has 25 heavy (non-hydrogen) atoms. The Hall–Kier alpha value is -3.12. The smallest absolute Gasteiger partial charge is 0.230 e. The third-order valence-corrected chi connectivity index (χ3v) is 4.66. The lowest BCUT2D eigenvalue weighted by molar-refractivity contribution is -0.115. The molecule has 5 nitrogen and oxygen atoms in total. The van der Waals surface area contributed by atoms with Gasteiger partial charge in [-0.3, -0.25) is 9.78 Å². The Morgan fingerprint density at radius 1 is 0.960 bits per heavy atom. The molecule has 0 unspecified atom stereocenters. The summed E-state index contributed by atoms with van der Waals surface area (Å²) in [6, 6.07) is 17.9. The quantitative estimate of drug-likeness (QED) is 0.608. The van der Waals surface area contributed by atoms with E-state index in [4.69, 9.17) is 0 Å². The molecule has 0 saturated heterocycles. The zero-order chi connectivity index (χ0) is 17.1. The number of hydrogen-bond donors (Lipinski definition) is 1. The Morgan fingerprint density at radius 3 is 2.60 bits per heavy atom. The standard InChI is InChI=1S/C19H14N4OS/c24-17(12-13-5-6-14-3-1-2-4-16(14)11-13)21-19-23-22-18(25-19)15-7-9-20-10-8-15/h1-11H,12H2,(H,21,23,24). The maximum atomic E-state index is 12.3. The Kier molecular flexibility index (Phi) is 4.18. The van der Waals surface area contributed by atoms with Gasteiger partial charge in [0.15, 0.2) is 0 Å². The van der Waals surface area contributed by atoms with Crippen LogP contribution in [-0.2, 0) is 11.2 Å². The second kappa shape index (κ2) is 6.78. The van der Waals surface area contributed by atoms with Crippen LogP contribution in [0.25, 0.3) is 21.3 Å². The average molecular weight is 346 g/mol. The highest BCUT2D eigenvalue weighted by atomic mass is 32.1. The molecule has 0 aliphatic rings. The summed E-state index contributed by atoms with van der Waals surface area (Å²) in [5.74, 6) is -0.104. The Balaban J connectivity index is 1.46. The lowest BCUT2D eigenvalue weighted by atomic mass is 10.1. The molecule has 2 aromatic heterocycles. The van der Waals surface area contributed by atoms with E-state index in [1.165, 1.54) is 11.3 Å². The van der Waals surface area contributed by atoms with Crippen molar-refractivity contribution in [3.8, 4) is 10.6 Å². The zero-order valence-electron chi connectivity index (χ0n) is 13.2. The van der Waals surface area contributed by atoms with Crippen molar-refractivity contribution in [2.24, 2.45) is 0 Å². The number of amides is 1. The number of aromatic nitrogens is 3. The van der Waals surface area contributed by atoms with Gasteiger partial charge in [0, 0.05) is 18.0 Å². The van der Waals surface area contributed by atoms with Crippen molar-refractivity contribution in [1.29, 1.82) is 0 Å². The molecule has 0 aliphatic carbocycles. The fraction of sp³-hybridized carbons (Fsp3) is 0.0526. The van der Waals surface area contributed by atoms with Gasteiger partial charge in [0.25, 0.3) is 0 Å². The van der Waals surface area contributed by atoms with Crippen LogP contribution in [-0.4, -0.2) is 21.1 Å². The van der Waals surface area contributed by atoms with E-state index in [-0.39, 0.29) is 5.91 Å². The van der Waals surface area contributed by atoms with Crippen molar-refractivity contribution < 1.29 is 4.79 Å². The molecule has 1 amide bonds. The zero-order valence-corrected chi connectivity index (χ0v) is 14.0. The summed E-state index contributed by atoms with van der Waals surface area (Å²) in [6.07, 6.45) is 3.71. The number of nitrogens with zero attached hydrogens (tertiary/aromatic N) is 3. The normalized spacial score (nSPS) is 10.7. The average Bonchev–Trinajstić information content (AvgIpc) is 3.10. The Bertz CT molecular complexity index is 1030. The highest BCUT2D eigenvalue weighted by Crippen LogP contribution is 2.25. The number of rotatable bonds is 4. The summed E-state index contributed by atoms with van der Waals surface area (Å²) in [6.45, 7) is 0. The van der Waals surface area contributed by atoms with Crippen LogP contribution < -0.4 is 5.32 Å². The van der Waals surface area contributed by atoms with E-state index < -0.39 is 0 Å². The van der Waals surface area contributed by atoms with E-state index in [9.17, 15) is 4.79 Å². The summed E-state index contributed by atoms with van der Waals surface area (Å²) < 4.78 is 0. The van der Waals surface area contributed by atoms with Crippen LogP contribution in [0.5, 0.6) is 0 Å². The van der Waals surface area contributed by atoms with Crippen LogP contribution in [0.3, 0.4) is 0 Å². The summed E-state index contributed by atoms with van der Waals surface area (Å²) in [5.41, 5.74) is 1.90. The highest BCUT2D eigenvalue weighted by molar-refractivity contribution is 7.18. The van der Waals surface area contributed by atoms with Crippen LogP contribution in [0.4, 0.5) is 5.13 Å². The molecule has 6 heteroatoms. The van der Waals surface area contributed by atoms with Gasteiger partial charge in [0.05, 0.1) is 6.42 Å². The molecule has 0 saturated carbocycles. The SMILES string of the molecule is O=C(Cc1ccc2ccccc2c1)Nc1nnc(-c2ccncc2)s1. The number of hydrogen-bond acceptors (Lipinski definition) is 5. The predicted molar refractivity (Wildman–Crippen MR) is 99.4 cm³/mol. The lowest BCUT2D eigenvalue weighted by Gasteiger charge is -2.04. The number of pyridine rings is 1. The fourth-order valence-corrected chi connectivity index (χ4v) is 3.35. The molecule has 0 fully saturated rings. The van der Waals surface area contributed by atoms with Crippen LogP contribution >= 0.6 is 11.3 Å². The summed E-state index contributed by atoms with van der Waals surface area (Å²) in [4.78, 5) is 16.3. The van der Waals surface area contributed by atoms with Gasteiger partial charge in [-0.1, -0.05) is 53.8 Å². The first-order valence-corrected chi connectivity index (χ1v) is 8.61. The number of nitrogens with one attached hydrogen (secondary N) is 1. The van der Waals surface area contributed by atoms with Crippen LogP contribution in [0, 0.1) is 0 Å². The third kappa shape index (κ3) is 3.54. The third-order valence-electron chi connectivity index (χ3n) is 3.78. The molecule has 122 valence electrons. The maximum Gasteiger partial charge on any atom is 0.230 e. The molecular weight excluding hydrogens is 332 g/mol. The van der Waals surface area contributed by atoms with Crippen LogP contribution in [0.1, 0.15) is 5.56 Å². The second-order valence-corrected chi connectivity index (χ2v) is 6.53. The molecule has 0 aliphatic heterocycles. The summed E-state index contributed by atoms with van der Waals surface area (Å²) in [5, 5.41) is 14.5. The first-order valence-electron chi connectivity index (χ1n) is 7.79. The first kappa shape index (κ1) is 15.4. The molecule has 2 heterocycles. The van der Waals surface area contributed by atoms with Crippen molar-refractivity contribution in [1.82, 2.24) is 15.2 Å². The van der Waals surface area contributed by atoms with Gasteiger partial charge in [-0.05, 0) is 28.5 Å². The van der Waals surface area contributed by atoms with Gasteiger partial charge in [-0.2, -0.15) is 0 Å². The van der Waals surface area contributed by atoms with Gasteiger partial charge in [0.2, 0.25) is 11.0 Å². The van der Waals surface area contributed by atoms with Gasteiger partial charge in [-0.25, -0.2) is 0 Å². The highest BCUT2D eigenvalue weighted by Gasteiger charge is 2.10. The molecule has 0 spiro atoms. The monoisotopic (exact) mass is 346 g/mol. The van der Waals surface area contributed by atoms with Crippen molar-refractivity contribution in [3.05, 3.63) is 72.6 Å². The van der Waals surface area contributed by atoms with Crippen LogP contribution in [0.15, 0.2) is 67.0 Å². The lowest BCUT2D eigenvalue weighted by Crippen LogP contribution is -2.14. The van der Waals surface area contributed by atoms with Crippen molar-refractivity contribution in [2.75, 3.05) is 5.32 Å². The largest absolute Gasteiger partial charge is 0.300 e. The van der Waals surface area contributed by atoms with Gasteiger partial charge in [-0.15, -0.1) is 10.2 Å². The molecule has 0 atom stereocenters. The van der Waals surface area contributed by atoms with E-state index in [0.717, 1.165) is 26.9 Å². The molecular formula is C19H14N4OS. The number of carbonyl (C=O) groups is 1. The summed E-state index contributed by atoms with van der Waals surface area (Å²) in [7, 11) is 0. The van der Waals surface area contributed by atoms with Crippen molar-refractivity contribution in [3.63, 3.8) is 0 Å². The Labute approximate surface area is 148 Å². The first-order chi connectivity index (χ1) is 12.3.